The van der Waals surface area contributed by atoms with Crippen LogP contribution in [0.1, 0.15) is 26.3 Å². The van der Waals surface area contributed by atoms with E-state index in [0.717, 1.165) is 6.42 Å². The van der Waals surface area contributed by atoms with Gasteiger partial charge in [-0.1, -0.05) is 30.8 Å². The Morgan fingerprint density at radius 3 is 2.68 bits per heavy atom. The molecule has 1 heterocycles. The first-order valence-corrected chi connectivity index (χ1v) is 9.07. The predicted octanol–water partition coefficient (Wildman–Crippen LogP) is 1.32. The summed E-state index contributed by atoms with van der Waals surface area (Å²) in [5.41, 5.74) is 0.508. The van der Waals surface area contributed by atoms with Crippen LogP contribution in [0.4, 0.5) is 0 Å². The Labute approximate surface area is 150 Å². The number of fused-ring (bicyclic) bond motifs is 1. The quantitative estimate of drug-likeness (QED) is 0.572. The molecule has 1 aromatic carbocycles. The highest BCUT2D eigenvalue weighted by Gasteiger charge is 2.16. The van der Waals surface area contributed by atoms with Crippen molar-refractivity contribution in [2.45, 2.75) is 31.5 Å². The van der Waals surface area contributed by atoms with E-state index in [2.05, 4.69) is 15.6 Å². The van der Waals surface area contributed by atoms with Gasteiger partial charge in [0.15, 0.2) is 5.16 Å². The Bertz CT molecular complexity index is 834. The highest BCUT2D eigenvalue weighted by molar-refractivity contribution is 7.99. The Kier molecular flexibility index (Phi) is 6.58. The average Bonchev–Trinajstić information content (AvgIpc) is 2.63. The number of para-hydroxylation sites is 1. The van der Waals surface area contributed by atoms with Crippen molar-refractivity contribution in [1.29, 1.82) is 0 Å². The van der Waals surface area contributed by atoms with E-state index in [1.807, 2.05) is 26.0 Å². The molecular formula is C17H22N4O3S. The number of likely N-dealkylation sites (N-methyl/N-ethyl adjacent to an activating group) is 1. The van der Waals surface area contributed by atoms with Crippen LogP contribution in [0.5, 0.6) is 0 Å². The van der Waals surface area contributed by atoms with Crippen molar-refractivity contribution in [3.8, 4) is 0 Å². The molecule has 0 unspecified atom stereocenters. The number of amides is 2. The fraction of sp³-hybridized carbons (Fsp3) is 0.412. The summed E-state index contributed by atoms with van der Waals surface area (Å²) in [5.74, 6) is -0.469. The molecule has 0 fully saturated rings. The van der Waals surface area contributed by atoms with Crippen LogP contribution in [-0.2, 0) is 9.59 Å². The molecule has 0 saturated carbocycles. The van der Waals surface area contributed by atoms with E-state index >= 15 is 0 Å². The summed E-state index contributed by atoms with van der Waals surface area (Å²) in [6, 6.07) is 7.15. The summed E-state index contributed by atoms with van der Waals surface area (Å²) in [6.07, 6.45) is 0.774. The van der Waals surface area contributed by atoms with Crippen LogP contribution in [0.2, 0.25) is 0 Å². The molecule has 0 spiro atoms. The minimum absolute atomic E-state index is 0.0268. The van der Waals surface area contributed by atoms with E-state index in [0.29, 0.717) is 16.1 Å². The maximum absolute atomic E-state index is 12.8. The van der Waals surface area contributed by atoms with Crippen LogP contribution in [0, 0.1) is 0 Å². The molecule has 0 saturated heterocycles. The van der Waals surface area contributed by atoms with Crippen LogP contribution >= 0.6 is 11.8 Å². The van der Waals surface area contributed by atoms with E-state index < -0.39 is 0 Å². The molecule has 0 aliphatic rings. The third kappa shape index (κ3) is 4.60. The highest BCUT2D eigenvalue weighted by atomic mass is 32.2. The summed E-state index contributed by atoms with van der Waals surface area (Å²) in [4.78, 5) is 40.4. The Balaban J connectivity index is 2.25. The molecule has 0 aliphatic heterocycles. The monoisotopic (exact) mass is 362 g/mol. The lowest BCUT2D eigenvalue weighted by Crippen LogP contribution is -2.36. The maximum Gasteiger partial charge on any atom is 0.262 e. The van der Waals surface area contributed by atoms with Crippen LogP contribution in [0.25, 0.3) is 10.9 Å². The van der Waals surface area contributed by atoms with Gasteiger partial charge in [-0.3, -0.25) is 19.0 Å². The number of nitrogens with zero attached hydrogens (tertiary/aromatic N) is 2. The van der Waals surface area contributed by atoms with Crippen molar-refractivity contribution in [1.82, 2.24) is 20.2 Å². The zero-order valence-corrected chi connectivity index (χ0v) is 15.4. The van der Waals surface area contributed by atoms with Gasteiger partial charge in [-0.05, 0) is 25.5 Å². The first-order valence-electron chi connectivity index (χ1n) is 8.09. The van der Waals surface area contributed by atoms with E-state index in [9.17, 15) is 14.4 Å². The van der Waals surface area contributed by atoms with E-state index in [4.69, 9.17) is 0 Å². The molecule has 134 valence electrons. The molecule has 8 heteroatoms. The molecule has 2 N–H and O–H groups in total. The van der Waals surface area contributed by atoms with Crippen molar-refractivity contribution in [3.63, 3.8) is 0 Å². The summed E-state index contributed by atoms with van der Waals surface area (Å²) in [6.45, 7) is 3.88. The second kappa shape index (κ2) is 8.66. The summed E-state index contributed by atoms with van der Waals surface area (Å²) in [5, 5.41) is 6.04. The van der Waals surface area contributed by atoms with Crippen LogP contribution in [0.15, 0.2) is 34.2 Å². The summed E-state index contributed by atoms with van der Waals surface area (Å²) in [7, 11) is 1.51. The van der Waals surface area contributed by atoms with Crippen molar-refractivity contribution in [2.75, 3.05) is 19.3 Å². The standard InChI is InChI=1S/C17H22N4O3S/c1-4-11(2)21-16(24)12-7-5-6-8-13(12)20-17(21)25-10-15(23)19-9-14(22)18-3/h5-8,11H,4,9-10H2,1-3H3,(H,18,22)(H,19,23)/t11-/m1/s1. The third-order valence-corrected chi connectivity index (χ3v) is 4.82. The fourth-order valence-electron chi connectivity index (χ4n) is 2.25. The van der Waals surface area contributed by atoms with Gasteiger partial charge in [0.05, 0.1) is 23.2 Å². The number of hydrogen-bond donors (Lipinski definition) is 2. The SMILES string of the molecule is CC[C@@H](C)n1c(SCC(=O)NCC(=O)NC)nc2ccccc2c1=O. The predicted molar refractivity (Wildman–Crippen MR) is 98.8 cm³/mol. The number of carbonyl (C=O) groups excluding carboxylic acids is 2. The lowest BCUT2D eigenvalue weighted by Gasteiger charge is -2.18. The van der Waals surface area contributed by atoms with Crippen molar-refractivity contribution < 1.29 is 9.59 Å². The molecule has 2 rings (SSSR count). The van der Waals surface area contributed by atoms with Crippen LogP contribution in [-0.4, -0.2) is 40.7 Å². The smallest absolute Gasteiger partial charge is 0.262 e. The molecule has 2 aromatic rings. The lowest BCUT2D eigenvalue weighted by atomic mass is 10.2. The molecule has 7 nitrogen and oxygen atoms in total. The first kappa shape index (κ1) is 19.0. The van der Waals surface area contributed by atoms with Gasteiger partial charge in [-0.25, -0.2) is 4.98 Å². The zero-order chi connectivity index (χ0) is 18.4. The van der Waals surface area contributed by atoms with Gasteiger partial charge in [-0.2, -0.15) is 0 Å². The van der Waals surface area contributed by atoms with Crippen molar-refractivity contribution in [3.05, 3.63) is 34.6 Å². The van der Waals surface area contributed by atoms with Gasteiger partial charge in [0.25, 0.3) is 5.56 Å². The van der Waals surface area contributed by atoms with E-state index in [1.54, 1.807) is 16.7 Å². The second-order valence-corrected chi connectivity index (χ2v) is 6.53. The van der Waals surface area contributed by atoms with Gasteiger partial charge in [0, 0.05) is 13.1 Å². The molecular weight excluding hydrogens is 340 g/mol. The number of hydrogen-bond acceptors (Lipinski definition) is 5. The van der Waals surface area contributed by atoms with Gasteiger partial charge in [-0.15, -0.1) is 0 Å². The van der Waals surface area contributed by atoms with Crippen molar-refractivity contribution in [2.24, 2.45) is 0 Å². The number of aromatic nitrogens is 2. The Morgan fingerprint density at radius 2 is 2.00 bits per heavy atom. The average molecular weight is 362 g/mol. The number of thioether (sulfide) groups is 1. The fourth-order valence-corrected chi connectivity index (χ4v) is 3.17. The minimum Gasteiger partial charge on any atom is -0.358 e. The second-order valence-electron chi connectivity index (χ2n) is 5.58. The molecule has 2 amide bonds. The van der Waals surface area contributed by atoms with Gasteiger partial charge in [0.2, 0.25) is 11.8 Å². The number of nitrogens with one attached hydrogen (secondary N) is 2. The third-order valence-electron chi connectivity index (χ3n) is 3.86. The van der Waals surface area contributed by atoms with E-state index in [-0.39, 0.29) is 35.7 Å². The molecule has 0 aliphatic carbocycles. The largest absolute Gasteiger partial charge is 0.358 e. The lowest BCUT2D eigenvalue weighted by molar-refractivity contribution is -0.124. The molecule has 1 aromatic heterocycles. The molecule has 0 radical (unpaired) electrons. The maximum atomic E-state index is 12.8. The number of rotatable bonds is 7. The zero-order valence-electron chi connectivity index (χ0n) is 14.5. The summed E-state index contributed by atoms with van der Waals surface area (Å²) < 4.78 is 1.64. The normalized spacial score (nSPS) is 12.0. The molecule has 0 bridgehead atoms. The first-order chi connectivity index (χ1) is 12.0. The minimum atomic E-state index is -0.285. The number of benzene rings is 1. The number of carbonyl (C=O) groups is 2. The van der Waals surface area contributed by atoms with Gasteiger partial charge in [0.1, 0.15) is 0 Å². The van der Waals surface area contributed by atoms with Crippen LogP contribution in [0.3, 0.4) is 0 Å². The molecule has 25 heavy (non-hydrogen) atoms. The van der Waals surface area contributed by atoms with Gasteiger partial charge >= 0.3 is 0 Å². The molecule has 1 atom stereocenters. The van der Waals surface area contributed by atoms with Crippen LogP contribution < -0.4 is 16.2 Å². The Hall–Kier alpha value is -2.35. The topological polar surface area (TPSA) is 93.1 Å². The van der Waals surface area contributed by atoms with E-state index in [1.165, 1.54) is 18.8 Å². The highest BCUT2D eigenvalue weighted by Crippen LogP contribution is 2.22. The van der Waals surface area contributed by atoms with Gasteiger partial charge < -0.3 is 10.6 Å². The summed E-state index contributed by atoms with van der Waals surface area (Å²) >= 11 is 1.20. The Morgan fingerprint density at radius 1 is 1.28 bits per heavy atom. The van der Waals surface area contributed by atoms with Crippen molar-refractivity contribution >= 4 is 34.5 Å².